The zero-order valence-corrected chi connectivity index (χ0v) is 29.0. The summed E-state index contributed by atoms with van der Waals surface area (Å²) in [5.74, 6) is -6.14. The smallest absolute Gasteiger partial charge is 0.433 e. The second-order valence-electron chi connectivity index (χ2n) is 12.2. The molecule has 0 unspecified atom stereocenters. The van der Waals surface area contributed by atoms with Gasteiger partial charge in [-0.3, -0.25) is 9.52 Å². The van der Waals surface area contributed by atoms with E-state index in [1.807, 2.05) is 0 Å². The first-order valence-electron chi connectivity index (χ1n) is 14.9. The van der Waals surface area contributed by atoms with Crippen molar-refractivity contribution in [1.29, 1.82) is 0 Å². The number of amides is 1. The topological polar surface area (TPSA) is 150 Å². The largest absolute Gasteiger partial charge is 0.484 e. The van der Waals surface area contributed by atoms with Gasteiger partial charge in [0.15, 0.2) is 0 Å². The number of carbonyl (C=O) groups is 1. The fourth-order valence-electron chi connectivity index (χ4n) is 4.47. The highest BCUT2D eigenvalue weighted by Crippen LogP contribution is 2.38. The van der Waals surface area contributed by atoms with E-state index < -0.39 is 59.2 Å². The summed E-state index contributed by atoms with van der Waals surface area (Å²) in [4.78, 5) is 16.6. The van der Waals surface area contributed by atoms with Gasteiger partial charge in [0.1, 0.15) is 53.0 Å². The van der Waals surface area contributed by atoms with Gasteiger partial charge in [0, 0.05) is 20.2 Å². The maximum Gasteiger partial charge on any atom is 0.433 e. The minimum atomic E-state index is -5.17. The molecule has 0 aliphatic rings. The van der Waals surface area contributed by atoms with Gasteiger partial charge < -0.3 is 20.5 Å². The van der Waals surface area contributed by atoms with E-state index in [0.717, 1.165) is 41.1 Å². The number of ether oxygens (including phenoxy) is 2. The number of nitrogens with one attached hydrogen (secondary N) is 2. The lowest BCUT2D eigenvalue weighted by molar-refractivity contribution is -0.141. The van der Waals surface area contributed by atoms with E-state index in [4.69, 9.17) is 15.2 Å². The zero-order valence-electron chi connectivity index (χ0n) is 27.2. The van der Waals surface area contributed by atoms with Crippen LogP contribution in [0.15, 0.2) is 60.7 Å². The van der Waals surface area contributed by atoms with Gasteiger partial charge in [-0.05, 0) is 54.9 Å². The molecular weight excluding hydrogens is 711 g/mol. The average molecular weight is 745 g/mol. The second-order valence-corrected chi connectivity index (χ2v) is 19.5. The summed E-state index contributed by atoms with van der Waals surface area (Å²) >= 11 is 0. The van der Waals surface area contributed by atoms with Crippen LogP contribution in [0, 0.1) is 5.82 Å². The maximum atomic E-state index is 13.5. The Labute approximate surface area is 284 Å². The maximum absolute atomic E-state index is 13.5. The summed E-state index contributed by atoms with van der Waals surface area (Å²) in [6, 6.07) is 12.5. The Kier molecular flexibility index (Phi) is 11.5. The summed E-state index contributed by atoms with van der Waals surface area (Å²) in [5.41, 5.74) is 4.24. The molecule has 0 bridgehead atoms. The summed E-state index contributed by atoms with van der Waals surface area (Å²) in [6.45, 7) is 7.95. The molecule has 1 atom stereocenters. The number of anilines is 3. The van der Waals surface area contributed by atoms with E-state index in [1.54, 1.807) is 4.72 Å². The van der Waals surface area contributed by atoms with Gasteiger partial charge in [-0.2, -0.15) is 27.1 Å². The highest BCUT2D eigenvalue weighted by atomic mass is 32.2. The van der Waals surface area contributed by atoms with Gasteiger partial charge in [0.2, 0.25) is 0 Å². The molecule has 270 valence electrons. The third kappa shape index (κ3) is 9.75. The van der Waals surface area contributed by atoms with Gasteiger partial charge in [0.05, 0.1) is 5.69 Å². The number of sulfonamides is 1. The Morgan fingerprint density at radius 1 is 1.06 bits per heavy atom. The van der Waals surface area contributed by atoms with Crippen LogP contribution in [0.4, 0.5) is 43.7 Å². The normalized spacial score (nSPS) is 12.9. The predicted octanol–water partition coefficient (Wildman–Crippen LogP) is 7.36. The number of alkyl halides is 5. The number of hydrogen-bond donors (Lipinski definition) is 3. The number of rotatable bonds is 15. The Bertz CT molecular complexity index is 1940. The fraction of sp³-hybridized carbons (Fsp3) is 0.323. The van der Waals surface area contributed by atoms with Crippen molar-refractivity contribution in [1.82, 2.24) is 14.8 Å². The third-order valence-electron chi connectivity index (χ3n) is 7.08. The van der Waals surface area contributed by atoms with Crippen LogP contribution in [0.25, 0.3) is 11.3 Å². The van der Waals surface area contributed by atoms with Crippen molar-refractivity contribution in [2.24, 2.45) is 5.73 Å². The number of nitrogens with zero attached hydrogens (tertiary/aromatic N) is 3. The number of hydrogen-bond acceptors (Lipinski definition) is 8. The molecule has 2 aromatic carbocycles. The summed E-state index contributed by atoms with van der Waals surface area (Å²) < 4.78 is 119. The first-order valence-corrected chi connectivity index (χ1v) is 20.2. The second kappa shape index (κ2) is 15.1. The average Bonchev–Trinajstić information content (AvgIpc) is 3.37. The van der Waals surface area contributed by atoms with E-state index in [2.05, 4.69) is 35.0 Å². The van der Waals surface area contributed by atoms with Gasteiger partial charge in [-0.1, -0.05) is 43.9 Å². The number of aromatic nitrogens is 3. The molecule has 4 aromatic rings. The lowest BCUT2D eigenvalue weighted by atomic mass is 10.1. The quantitative estimate of drug-likeness (QED) is 0.0649. The van der Waals surface area contributed by atoms with Crippen molar-refractivity contribution in [2.45, 2.75) is 57.4 Å². The minimum absolute atomic E-state index is 0.0704. The zero-order chi connectivity index (χ0) is 37.0. The number of halogens is 6. The molecule has 2 aromatic heterocycles. The van der Waals surface area contributed by atoms with Crippen LogP contribution in [0.5, 0.6) is 5.75 Å². The standard InChI is InChI=1S/C31H34F6N6O5SSi/c1-18(19-8-11-21(32)12-9-19)48-23-16-20(10-13-22(23)42-49(45,46)30(33)34)27-26(28(38)44)29(43(41-27)17-47-14-15-50(2,3)4)40-25-7-5-6-24(39-25)31(35,36)37/h5-13,16,18,30,42H,14-15,17H2,1-4H3,(H2,38,44)(H,39,40)/t18-/m0/s1. The van der Waals surface area contributed by atoms with Crippen LogP contribution in [0.1, 0.15) is 34.6 Å². The number of nitrogens with two attached hydrogens (primary N) is 1. The molecule has 0 aliphatic carbocycles. The van der Waals surface area contributed by atoms with E-state index in [9.17, 15) is 39.6 Å². The van der Waals surface area contributed by atoms with Gasteiger partial charge in [0.25, 0.3) is 15.9 Å². The Morgan fingerprint density at radius 2 is 1.74 bits per heavy atom. The Hall–Kier alpha value is -4.62. The van der Waals surface area contributed by atoms with Crippen molar-refractivity contribution in [3.05, 3.63) is 83.3 Å². The number of pyridine rings is 1. The fourth-order valence-corrected chi connectivity index (χ4v) is 5.79. The molecule has 11 nitrogen and oxygen atoms in total. The molecule has 1 amide bonds. The number of carbonyl (C=O) groups excluding carboxylic acids is 1. The Balaban J connectivity index is 1.85. The highest BCUT2D eigenvalue weighted by molar-refractivity contribution is 7.93. The van der Waals surface area contributed by atoms with Crippen LogP contribution in [0.2, 0.25) is 25.7 Å². The van der Waals surface area contributed by atoms with Crippen LogP contribution in [-0.4, -0.2) is 49.5 Å². The first kappa shape index (κ1) is 38.2. The predicted molar refractivity (Wildman–Crippen MR) is 177 cm³/mol. The van der Waals surface area contributed by atoms with E-state index in [1.165, 1.54) is 37.3 Å². The van der Waals surface area contributed by atoms with Crippen molar-refractivity contribution < 1.29 is 49.0 Å². The summed E-state index contributed by atoms with van der Waals surface area (Å²) in [6.07, 6.45) is -5.65. The molecule has 0 aliphatic heterocycles. The molecule has 0 fully saturated rings. The molecule has 0 saturated heterocycles. The number of primary amides is 1. The van der Waals surface area contributed by atoms with Crippen LogP contribution in [0.3, 0.4) is 0 Å². The van der Waals surface area contributed by atoms with Crippen molar-refractivity contribution >= 4 is 41.3 Å². The van der Waals surface area contributed by atoms with E-state index >= 15 is 0 Å². The molecule has 50 heavy (non-hydrogen) atoms. The first-order chi connectivity index (χ1) is 23.2. The molecular formula is C31H34F6N6O5SSi. The molecule has 2 heterocycles. The van der Waals surface area contributed by atoms with Crippen molar-refractivity contribution in [3.8, 4) is 17.0 Å². The SMILES string of the molecule is C[C@H](Oc1cc(-c2nn(COCC[Si](C)(C)C)c(Nc3cccc(C(F)(F)F)n3)c2C(N)=O)ccc1NS(=O)(=O)C(F)F)c1ccc(F)cc1. The van der Waals surface area contributed by atoms with Crippen LogP contribution < -0.4 is 20.5 Å². The van der Waals surface area contributed by atoms with E-state index in [-0.39, 0.29) is 40.9 Å². The van der Waals surface area contributed by atoms with Gasteiger partial charge in [-0.15, -0.1) is 0 Å². The lowest BCUT2D eigenvalue weighted by Crippen LogP contribution is -2.22. The summed E-state index contributed by atoms with van der Waals surface area (Å²) in [5, 5.41) is 7.15. The monoisotopic (exact) mass is 744 g/mol. The lowest BCUT2D eigenvalue weighted by Gasteiger charge is -2.19. The molecule has 4 N–H and O–H groups in total. The highest BCUT2D eigenvalue weighted by Gasteiger charge is 2.33. The Morgan fingerprint density at radius 3 is 2.34 bits per heavy atom. The van der Waals surface area contributed by atoms with Crippen molar-refractivity contribution in [2.75, 3.05) is 16.6 Å². The number of benzene rings is 2. The molecule has 4 rings (SSSR count). The molecule has 0 radical (unpaired) electrons. The van der Waals surface area contributed by atoms with Gasteiger partial charge in [-0.25, -0.2) is 22.5 Å². The van der Waals surface area contributed by atoms with Crippen LogP contribution in [-0.2, 0) is 27.7 Å². The molecule has 0 spiro atoms. The third-order valence-corrected chi connectivity index (χ3v) is 9.76. The minimum Gasteiger partial charge on any atom is -0.484 e. The summed E-state index contributed by atoms with van der Waals surface area (Å²) in [7, 11) is -6.71. The molecule has 19 heteroatoms. The van der Waals surface area contributed by atoms with Crippen LogP contribution >= 0.6 is 0 Å². The van der Waals surface area contributed by atoms with Crippen molar-refractivity contribution in [3.63, 3.8) is 0 Å². The molecule has 0 saturated carbocycles. The van der Waals surface area contributed by atoms with E-state index in [0.29, 0.717) is 12.2 Å². The van der Waals surface area contributed by atoms with Gasteiger partial charge >= 0.3 is 11.9 Å².